The Morgan fingerprint density at radius 3 is 2.32 bits per heavy atom. The van der Waals surface area contributed by atoms with Gasteiger partial charge in [-0.3, -0.25) is 9.52 Å². The summed E-state index contributed by atoms with van der Waals surface area (Å²) in [5, 5.41) is 3.71. The Kier molecular flexibility index (Phi) is 8.26. The second kappa shape index (κ2) is 10.9. The van der Waals surface area contributed by atoms with Gasteiger partial charge in [0, 0.05) is 23.1 Å². The van der Waals surface area contributed by atoms with Gasteiger partial charge in [0.15, 0.2) is 0 Å². The number of anilines is 1. The highest BCUT2D eigenvalue weighted by molar-refractivity contribution is 7.98. The van der Waals surface area contributed by atoms with Crippen molar-refractivity contribution in [1.82, 2.24) is 5.32 Å². The van der Waals surface area contributed by atoms with Crippen LogP contribution in [-0.2, 0) is 15.8 Å². The van der Waals surface area contributed by atoms with Crippen LogP contribution in [0.2, 0.25) is 10.0 Å². The SMILES string of the molecule is O=C(NCCSCc1ccccc1Cl)c1ccc(NS(=O)(=O)c2ccccc2)cc1Cl. The molecule has 3 aromatic rings. The van der Waals surface area contributed by atoms with Crippen LogP contribution in [-0.4, -0.2) is 26.6 Å². The Morgan fingerprint density at radius 1 is 0.903 bits per heavy atom. The second-order valence-corrected chi connectivity index (χ2v) is 10.1. The van der Waals surface area contributed by atoms with E-state index in [0.29, 0.717) is 12.3 Å². The third-order valence-corrected chi connectivity index (χ3v) is 7.35. The number of amides is 1. The van der Waals surface area contributed by atoms with Gasteiger partial charge < -0.3 is 5.32 Å². The van der Waals surface area contributed by atoms with E-state index in [2.05, 4.69) is 10.0 Å². The van der Waals surface area contributed by atoms with Crippen molar-refractivity contribution in [3.05, 3.63) is 94.0 Å². The van der Waals surface area contributed by atoms with Crippen molar-refractivity contribution in [2.45, 2.75) is 10.6 Å². The lowest BCUT2D eigenvalue weighted by atomic mass is 10.2. The number of nitrogens with one attached hydrogen (secondary N) is 2. The molecule has 31 heavy (non-hydrogen) atoms. The maximum atomic E-state index is 12.4. The van der Waals surface area contributed by atoms with Crippen molar-refractivity contribution >= 4 is 56.6 Å². The molecule has 0 bridgehead atoms. The van der Waals surface area contributed by atoms with Crippen molar-refractivity contribution in [3.8, 4) is 0 Å². The first-order valence-corrected chi connectivity index (χ1v) is 12.7. The van der Waals surface area contributed by atoms with Gasteiger partial charge in [0.2, 0.25) is 0 Å². The topological polar surface area (TPSA) is 75.3 Å². The van der Waals surface area contributed by atoms with Crippen molar-refractivity contribution in [3.63, 3.8) is 0 Å². The zero-order valence-corrected chi connectivity index (χ0v) is 19.5. The predicted octanol–water partition coefficient (Wildman–Crippen LogP) is 5.46. The van der Waals surface area contributed by atoms with E-state index in [-0.39, 0.29) is 27.1 Å². The van der Waals surface area contributed by atoms with Gasteiger partial charge in [-0.25, -0.2) is 8.42 Å². The van der Waals surface area contributed by atoms with Gasteiger partial charge in [-0.2, -0.15) is 11.8 Å². The average molecular weight is 495 g/mol. The molecule has 0 radical (unpaired) electrons. The number of rotatable bonds is 9. The van der Waals surface area contributed by atoms with E-state index in [0.717, 1.165) is 16.3 Å². The van der Waals surface area contributed by atoms with Crippen LogP contribution in [0.5, 0.6) is 0 Å². The lowest BCUT2D eigenvalue weighted by molar-refractivity contribution is 0.0956. The van der Waals surface area contributed by atoms with Crippen LogP contribution in [0.4, 0.5) is 5.69 Å². The summed E-state index contributed by atoms with van der Waals surface area (Å²) < 4.78 is 27.3. The summed E-state index contributed by atoms with van der Waals surface area (Å²) in [6.07, 6.45) is 0. The third kappa shape index (κ3) is 6.64. The molecule has 5 nitrogen and oxygen atoms in total. The molecule has 2 N–H and O–H groups in total. The highest BCUT2D eigenvalue weighted by atomic mass is 35.5. The number of carbonyl (C=O) groups excluding carboxylic acids is 1. The van der Waals surface area contributed by atoms with Crippen LogP contribution >= 0.6 is 35.0 Å². The van der Waals surface area contributed by atoms with E-state index in [1.54, 1.807) is 30.0 Å². The fraction of sp³-hybridized carbons (Fsp3) is 0.136. The number of hydrogen-bond donors (Lipinski definition) is 2. The summed E-state index contributed by atoms with van der Waals surface area (Å²) in [6, 6.07) is 20.1. The maximum Gasteiger partial charge on any atom is 0.261 e. The van der Waals surface area contributed by atoms with Gasteiger partial charge in [0.25, 0.3) is 15.9 Å². The van der Waals surface area contributed by atoms with Gasteiger partial charge in [-0.05, 0) is 42.0 Å². The largest absolute Gasteiger partial charge is 0.351 e. The summed E-state index contributed by atoms with van der Waals surface area (Å²) >= 11 is 14.0. The molecule has 0 saturated carbocycles. The highest BCUT2D eigenvalue weighted by Crippen LogP contribution is 2.24. The van der Waals surface area contributed by atoms with Crippen LogP contribution in [0, 0.1) is 0 Å². The second-order valence-electron chi connectivity index (χ2n) is 6.51. The molecule has 9 heteroatoms. The van der Waals surface area contributed by atoms with E-state index in [1.807, 2.05) is 24.3 Å². The van der Waals surface area contributed by atoms with E-state index in [1.165, 1.54) is 30.3 Å². The van der Waals surface area contributed by atoms with Crippen LogP contribution in [0.25, 0.3) is 0 Å². The summed E-state index contributed by atoms with van der Waals surface area (Å²) in [7, 11) is -3.73. The molecule has 0 fully saturated rings. The first-order chi connectivity index (χ1) is 14.9. The molecule has 0 aliphatic rings. The number of benzene rings is 3. The monoisotopic (exact) mass is 494 g/mol. The van der Waals surface area contributed by atoms with Crippen LogP contribution in [0.3, 0.4) is 0 Å². The van der Waals surface area contributed by atoms with Crippen molar-refractivity contribution in [2.24, 2.45) is 0 Å². The highest BCUT2D eigenvalue weighted by Gasteiger charge is 2.16. The molecule has 0 saturated heterocycles. The molecule has 0 spiro atoms. The molecule has 0 aliphatic heterocycles. The fourth-order valence-corrected chi connectivity index (χ4v) is 5.19. The average Bonchev–Trinajstić information content (AvgIpc) is 2.75. The minimum Gasteiger partial charge on any atom is -0.351 e. The van der Waals surface area contributed by atoms with E-state index in [9.17, 15) is 13.2 Å². The van der Waals surface area contributed by atoms with E-state index < -0.39 is 10.0 Å². The number of thioether (sulfide) groups is 1. The molecule has 1 amide bonds. The molecule has 0 atom stereocenters. The number of carbonyl (C=O) groups is 1. The van der Waals surface area contributed by atoms with Crippen LogP contribution in [0.1, 0.15) is 15.9 Å². The molecular formula is C22H20Cl2N2O3S2. The molecule has 162 valence electrons. The summed E-state index contributed by atoms with van der Waals surface area (Å²) in [4.78, 5) is 12.5. The molecule has 0 aromatic heterocycles. The van der Waals surface area contributed by atoms with Gasteiger partial charge >= 0.3 is 0 Å². The Balaban J connectivity index is 1.52. The zero-order valence-electron chi connectivity index (χ0n) is 16.3. The van der Waals surface area contributed by atoms with E-state index in [4.69, 9.17) is 23.2 Å². The van der Waals surface area contributed by atoms with Gasteiger partial charge in [0.05, 0.1) is 21.2 Å². The van der Waals surface area contributed by atoms with Gasteiger partial charge in [0.1, 0.15) is 0 Å². The smallest absolute Gasteiger partial charge is 0.261 e. The number of hydrogen-bond acceptors (Lipinski definition) is 4. The van der Waals surface area contributed by atoms with E-state index >= 15 is 0 Å². The zero-order chi connectivity index (χ0) is 22.3. The molecule has 0 unspecified atom stereocenters. The number of halogens is 2. The summed E-state index contributed by atoms with van der Waals surface area (Å²) in [5.74, 6) is 1.15. The predicted molar refractivity (Wildman–Crippen MR) is 129 cm³/mol. The normalized spacial score (nSPS) is 11.2. The minimum absolute atomic E-state index is 0.141. The first kappa shape index (κ1) is 23.5. The molecular weight excluding hydrogens is 475 g/mol. The molecule has 0 aliphatic carbocycles. The Bertz CT molecular complexity index is 1160. The third-order valence-electron chi connectivity index (χ3n) is 4.27. The maximum absolute atomic E-state index is 12.4. The van der Waals surface area contributed by atoms with Crippen molar-refractivity contribution in [1.29, 1.82) is 0 Å². The Morgan fingerprint density at radius 2 is 1.61 bits per heavy atom. The lowest BCUT2D eigenvalue weighted by Crippen LogP contribution is -2.26. The minimum atomic E-state index is -3.73. The Hall–Kier alpha value is -2.19. The number of sulfonamides is 1. The summed E-state index contributed by atoms with van der Waals surface area (Å²) in [6.45, 7) is 0.465. The van der Waals surface area contributed by atoms with Crippen molar-refractivity contribution in [2.75, 3.05) is 17.0 Å². The van der Waals surface area contributed by atoms with Gasteiger partial charge in [-0.15, -0.1) is 0 Å². The fourth-order valence-electron chi connectivity index (χ4n) is 2.71. The molecule has 3 aromatic carbocycles. The quantitative estimate of drug-likeness (QED) is 0.387. The Labute approximate surface area is 196 Å². The van der Waals surface area contributed by atoms with Crippen LogP contribution < -0.4 is 10.0 Å². The van der Waals surface area contributed by atoms with Gasteiger partial charge in [-0.1, -0.05) is 59.6 Å². The molecule has 0 heterocycles. The summed E-state index contributed by atoms with van der Waals surface area (Å²) in [5.41, 5.74) is 1.61. The lowest BCUT2D eigenvalue weighted by Gasteiger charge is -2.11. The standard InChI is InChI=1S/C22H20Cl2N2O3S2/c23-20-9-5-4-6-16(20)15-30-13-12-25-22(27)19-11-10-17(14-21(19)24)26-31(28,29)18-7-2-1-3-8-18/h1-11,14,26H,12-13,15H2,(H,25,27). The van der Waals surface area contributed by atoms with Crippen LogP contribution in [0.15, 0.2) is 77.7 Å². The first-order valence-electron chi connectivity index (χ1n) is 9.33. The molecule has 3 rings (SSSR count). The van der Waals surface area contributed by atoms with Crippen molar-refractivity contribution < 1.29 is 13.2 Å².